The molecule has 2 N–H and O–H groups in total. The van der Waals surface area contributed by atoms with Crippen LogP contribution in [0.25, 0.3) is 0 Å². The van der Waals surface area contributed by atoms with Gasteiger partial charge in [-0.15, -0.1) is 0 Å². The zero-order valence-corrected chi connectivity index (χ0v) is 17.0. The highest BCUT2D eigenvalue weighted by atomic mass is 16.2. The van der Waals surface area contributed by atoms with Gasteiger partial charge in [-0.25, -0.2) is 4.79 Å². The van der Waals surface area contributed by atoms with Gasteiger partial charge < -0.3 is 20.4 Å². The second kappa shape index (κ2) is 7.98. The number of rotatable bonds is 4. The number of nitrogens with one attached hydrogen (secondary N) is 2. The van der Waals surface area contributed by atoms with Crippen molar-refractivity contribution >= 4 is 29.2 Å². The first-order valence-corrected chi connectivity index (χ1v) is 9.18. The molecule has 0 aromatic heterocycles. The highest BCUT2D eigenvalue weighted by Gasteiger charge is 2.36. The minimum absolute atomic E-state index is 0.124. The quantitative estimate of drug-likeness (QED) is 0.850. The van der Waals surface area contributed by atoms with Crippen LogP contribution in [0.2, 0.25) is 0 Å². The van der Waals surface area contributed by atoms with Crippen molar-refractivity contribution in [3.05, 3.63) is 23.8 Å². The van der Waals surface area contributed by atoms with E-state index in [4.69, 9.17) is 0 Å². The van der Waals surface area contributed by atoms with Crippen molar-refractivity contribution in [1.29, 1.82) is 0 Å². The van der Waals surface area contributed by atoms with Gasteiger partial charge in [-0.05, 0) is 45.4 Å². The summed E-state index contributed by atoms with van der Waals surface area (Å²) in [7, 11) is 1.73. The van der Waals surface area contributed by atoms with Gasteiger partial charge >= 0.3 is 6.03 Å². The Hall–Kier alpha value is -2.57. The number of nitrogens with zero attached hydrogens (tertiary/aromatic N) is 2. The predicted octanol–water partition coefficient (Wildman–Crippen LogP) is 3.06. The number of benzene rings is 1. The number of hydrogen-bond acceptors (Lipinski definition) is 3. The van der Waals surface area contributed by atoms with Crippen molar-refractivity contribution in [3.63, 3.8) is 0 Å². The number of aryl methyl sites for hydroxylation is 1. The van der Waals surface area contributed by atoms with E-state index in [1.54, 1.807) is 24.1 Å². The fraction of sp³-hybridized carbons (Fsp3) is 0.550. The van der Waals surface area contributed by atoms with Crippen molar-refractivity contribution in [2.24, 2.45) is 5.92 Å². The van der Waals surface area contributed by atoms with E-state index in [-0.39, 0.29) is 29.3 Å². The summed E-state index contributed by atoms with van der Waals surface area (Å²) in [6, 6.07) is 5.14. The van der Waals surface area contributed by atoms with E-state index in [0.717, 1.165) is 5.56 Å². The Morgan fingerprint density at radius 1 is 1.26 bits per heavy atom. The number of anilines is 2. The molecule has 4 amide bonds. The largest absolute Gasteiger partial charge is 0.337 e. The molecule has 7 heteroatoms. The average Bonchev–Trinajstić information content (AvgIpc) is 2.90. The van der Waals surface area contributed by atoms with E-state index in [9.17, 15) is 14.4 Å². The maximum absolute atomic E-state index is 12.6. The molecule has 1 heterocycles. The van der Waals surface area contributed by atoms with Crippen LogP contribution in [0.4, 0.5) is 16.2 Å². The number of likely N-dealkylation sites (tertiary alicyclic amines) is 1. The molecule has 0 bridgehead atoms. The van der Waals surface area contributed by atoms with Gasteiger partial charge in [-0.3, -0.25) is 9.59 Å². The maximum atomic E-state index is 12.6. The first-order chi connectivity index (χ1) is 12.5. The first-order valence-electron chi connectivity index (χ1n) is 9.18. The van der Waals surface area contributed by atoms with Gasteiger partial charge in [0, 0.05) is 56.3 Å². The van der Waals surface area contributed by atoms with E-state index in [1.165, 1.54) is 6.92 Å². The SMILES string of the molecule is CC(=O)Nc1ccc(C)c(NC(=O)N(C)C[C@H]2CC(=O)N(C(C)(C)C)C2)c1. The second-order valence-corrected chi connectivity index (χ2v) is 8.27. The van der Waals surface area contributed by atoms with Crippen LogP contribution in [-0.4, -0.2) is 53.3 Å². The van der Waals surface area contributed by atoms with E-state index in [1.807, 2.05) is 38.7 Å². The third kappa shape index (κ3) is 5.45. The first kappa shape index (κ1) is 20.7. The molecule has 1 aromatic rings. The molecule has 1 saturated heterocycles. The zero-order chi connectivity index (χ0) is 20.4. The minimum Gasteiger partial charge on any atom is -0.337 e. The van der Waals surface area contributed by atoms with Crippen molar-refractivity contribution in [2.45, 2.75) is 46.6 Å². The van der Waals surface area contributed by atoms with Crippen LogP contribution in [-0.2, 0) is 9.59 Å². The summed E-state index contributed by atoms with van der Waals surface area (Å²) in [6.07, 6.45) is 0.464. The lowest BCUT2D eigenvalue weighted by atomic mass is 10.1. The van der Waals surface area contributed by atoms with Crippen LogP contribution in [0.15, 0.2) is 18.2 Å². The third-order valence-corrected chi connectivity index (χ3v) is 4.69. The van der Waals surface area contributed by atoms with Crippen LogP contribution in [0.5, 0.6) is 0 Å². The molecule has 0 radical (unpaired) electrons. The van der Waals surface area contributed by atoms with E-state index < -0.39 is 0 Å². The molecule has 27 heavy (non-hydrogen) atoms. The second-order valence-electron chi connectivity index (χ2n) is 8.27. The molecule has 0 saturated carbocycles. The Morgan fingerprint density at radius 2 is 1.93 bits per heavy atom. The standard InChI is InChI=1S/C20H30N4O3/c1-13-7-8-16(21-14(2)25)10-17(13)22-19(27)23(6)11-15-9-18(26)24(12-15)20(3,4)5/h7-8,10,15H,9,11-12H2,1-6H3,(H,21,25)(H,22,27)/t15-/m1/s1. The smallest absolute Gasteiger partial charge is 0.321 e. The monoisotopic (exact) mass is 374 g/mol. The molecule has 1 aliphatic heterocycles. The molecule has 1 aliphatic rings. The molecule has 1 atom stereocenters. The molecule has 1 aromatic carbocycles. The van der Waals surface area contributed by atoms with Gasteiger partial charge in [-0.2, -0.15) is 0 Å². The Balaban J connectivity index is 1.98. The summed E-state index contributed by atoms with van der Waals surface area (Å²) in [5.41, 5.74) is 1.99. The number of hydrogen-bond donors (Lipinski definition) is 2. The number of amides is 4. The van der Waals surface area contributed by atoms with Crippen molar-refractivity contribution in [3.8, 4) is 0 Å². The molecule has 148 valence electrons. The summed E-state index contributed by atoms with van der Waals surface area (Å²) in [5.74, 6) is 0.0991. The van der Waals surface area contributed by atoms with Crippen molar-refractivity contribution < 1.29 is 14.4 Å². The predicted molar refractivity (Wildman–Crippen MR) is 107 cm³/mol. The van der Waals surface area contributed by atoms with Gasteiger partial charge in [0.05, 0.1) is 0 Å². The van der Waals surface area contributed by atoms with Crippen LogP contribution < -0.4 is 10.6 Å². The number of carbonyl (C=O) groups excluding carboxylic acids is 3. The summed E-state index contributed by atoms with van der Waals surface area (Å²) in [6.45, 7) is 10.6. The molecule has 0 aliphatic carbocycles. The molecule has 0 spiro atoms. The van der Waals surface area contributed by atoms with Crippen LogP contribution >= 0.6 is 0 Å². The summed E-state index contributed by atoms with van der Waals surface area (Å²) in [5, 5.41) is 5.60. The Bertz CT molecular complexity index is 739. The van der Waals surface area contributed by atoms with Crippen molar-refractivity contribution in [1.82, 2.24) is 9.80 Å². The van der Waals surface area contributed by atoms with Gasteiger partial charge in [0.15, 0.2) is 0 Å². The normalized spacial score (nSPS) is 17.0. The Labute approximate surface area is 161 Å². The van der Waals surface area contributed by atoms with Crippen LogP contribution in [0.1, 0.15) is 39.7 Å². The molecule has 1 fully saturated rings. The summed E-state index contributed by atoms with van der Waals surface area (Å²) in [4.78, 5) is 39.5. The molecule has 0 unspecified atom stereocenters. The number of urea groups is 1. The lowest BCUT2D eigenvalue weighted by molar-refractivity contribution is -0.131. The lowest BCUT2D eigenvalue weighted by Gasteiger charge is -2.32. The minimum atomic E-state index is -0.236. The molecule has 7 nitrogen and oxygen atoms in total. The molecular weight excluding hydrogens is 344 g/mol. The Morgan fingerprint density at radius 3 is 2.48 bits per heavy atom. The topological polar surface area (TPSA) is 81.8 Å². The van der Waals surface area contributed by atoms with E-state index in [2.05, 4.69) is 10.6 Å². The maximum Gasteiger partial charge on any atom is 0.321 e. The summed E-state index contributed by atoms with van der Waals surface area (Å²) < 4.78 is 0. The molecular formula is C20H30N4O3. The fourth-order valence-electron chi connectivity index (χ4n) is 3.27. The van der Waals surface area contributed by atoms with Gasteiger partial charge in [0.1, 0.15) is 0 Å². The van der Waals surface area contributed by atoms with Gasteiger partial charge in [-0.1, -0.05) is 6.07 Å². The van der Waals surface area contributed by atoms with E-state index in [0.29, 0.717) is 30.9 Å². The highest BCUT2D eigenvalue weighted by molar-refractivity contribution is 5.93. The van der Waals surface area contributed by atoms with E-state index >= 15 is 0 Å². The van der Waals surface area contributed by atoms with Crippen LogP contribution in [0.3, 0.4) is 0 Å². The van der Waals surface area contributed by atoms with Gasteiger partial charge in [0.2, 0.25) is 11.8 Å². The zero-order valence-electron chi connectivity index (χ0n) is 17.0. The van der Waals surface area contributed by atoms with Crippen molar-refractivity contribution in [2.75, 3.05) is 30.8 Å². The van der Waals surface area contributed by atoms with Gasteiger partial charge in [0.25, 0.3) is 0 Å². The molecule has 2 rings (SSSR count). The Kier molecular flexibility index (Phi) is 6.13. The van der Waals surface area contributed by atoms with Crippen LogP contribution in [0, 0.1) is 12.8 Å². The average molecular weight is 374 g/mol. The summed E-state index contributed by atoms with van der Waals surface area (Å²) >= 11 is 0. The highest BCUT2D eigenvalue weighted by Crippen LogP contribution is 2.26. The lowest BCUT2D eigenvalue weighted by Crippen LogP contribution is -2.43. The fourth-order valence-corrected chi connectivity index (χ4v) is 3.27. The third-order valence-electron chi connectivity index (χ3n) is 4.69. The number of carbonyl (C=O) groups is 3.